The number of nitrogen functional groups attached to an aromatic ring is 1. The second-order valence-electron chi connectivity index (χ2n) is 4.30. The summed E-state index contributed by atoms with van der Waals surface area (Å²) in [6, 6.07) is 12.7. The first kappa shape index (κ1) is 13.0. The number of amides is 1. The molecule has 0 heterocycles. The fourth-order valence-electron chi connectivity index (χ4n) is 1.91. The number of carbonyl (C=O) groups is 1. The van der Waals surface area contributed by atoms with E-state index in [9.17, 15) is 4.79 Å². The van der Waals surface area contributed by atoms with Crippen LogP contribution < -0.4 is 16.2 Å². The van der Waals surface area contributed by atoms with Crippen molar-refractivity contribution in [1.82, 2.24) is 0 Å². The normalized spacial score (nSPS) is 10.2. The minimum Gasteiger partial charge on any atom is -0.486 e. The van der Waals surface area contributed by atoms with Gasteiger partial charge in [-0.3, -0.25) is 4.79 Å². The molecule has 4 N–H and O–H groups in total. The van der Waals surface area contributed by atoms with Crippen molar-refractivity contribution in [1.29, 1.82) is 0 Å². The lowest BCUT2D eigenvalue weighted by molar-refractivity contribution is 0.0998. The fourth-order valence-corrected chi connectivity index (χ4v) is 1.91. The second-order valence-corrected chi connectivity index (χ2v) is 4.30. The van der Waals surface area contributed by atoms with E-state index in [1.165, 1.54) is 0 Å². The summed E-state index contributed by atoms with van der Waals surface area (Å²) in [5, 5.41) is 0. The molecule has 2 rings (SSSR count). The molecule has 2 aromatic carbocycles. The Morgan fingerprint density at radius 2 is 1.89 bits per heavy atom. The lowest BCUT2D eigenvalue weighted by Crippen LogP contribution is -2.14. The standard InChI is InChI=1S/C15H16N2O2/c1-10-5-4-8-13(16)14(10)19-9-11-6-2-3-7-12(11)15(17)18/h2-8H,9,16H2,1H3,(H2,17,18). The Morgan fingerprint density at radius 1 is 1.16 bits per heavy atom. The summed E-state index contributed by atoms with van der Waals surface area (Å²) in [7, 11) is 0. The number of para-hydroxylation sites is 1. The molecule has 0 aliphatic heterocycles. The van der Waals surface area contributed by atoms with Gasteiger partial charge in [0, 0.05) is 11.1 Å². The Morgan fingerprint density at radius 3 is 2.58 bits per heavy atom. The number of aryl methyl sites for hydroxylation is 1. The van der Waals surface area contributed by atoms with Crippen LogP contribution in [0.3, 0.4) is 0 Å². The molecule has 0 atom stereocenters. The Bertz CT molecular complexity index is 589. The van der Waals surface area contributed by atoms with Gasteiger partial charge >= 0.3 is 0 Å². The molecule has 2 aromatic rings. The highest BCUT2D eigenvalue weighted by Crippen LogP contribution is 2.26. The van der Waals surface area contributed by atoms with Crippen LogP contribution in [-0.4, -0.2) is 5.91 Å². The molecule has 0 aliphatic rings. The predicted molar refractivity (Wildman–Crippen MR) is 74.9 cm³/mol. The summed E-state index contributed by atoms with van der Waals surface area (Å²) >= 11 is 0. The van der Waals surface area contributed by atoms with E-state index in [1.807, 2.05) is 31.2 Å². The third-order valence-corrected chi connectivity index (χ3v) is 2.90. The summed E-state index contributed by atoms with van der Waals surface area (Å²) in [4.78, 5) is 11.3. The average Bonchev–Trinajstić information content (AvgIpc) is 2.38. The molecule has 0 bridgehead atoms. The monoisotopic (exact) mass is 256 g/mol. The first-order valence-corrected chi connectivity index (χ1v) is 5.95. The van der Waals surface area contributed by atoms with Gasteiger partial charge in [-0.05, 0) is 24.6 Å². The Kier molecular flexibility index (Phi) is 3.71. The Hall–Kier alpha value is -2.49. The zero-order valence-corrected chi connectivity index (χ0v) is 10.7. The van der Waals surface area contributed by atoms with Crippen molar-refractivity contribution < 1.29 is 9.53 Å². The van der Waals surface area contributed by atoms with Gasteiger partial charge in [-0.2, -0.15) is 0 Å². The minimum atomic E-state index is -0.461. The highest BCUT2D eigenvalue weighted by atomic mass is 16.5. The number of nitrogens with two attached hydrogens (primary N) is 2. The van der Waals surface area contributed by atoms with Crippen LogP contribution in [0.2, 0.25) is 0 Å². The molecule has 0 radical (unpaired) electrons. The third kappa shape index (κ3) is 2.85. The van der Waals surface area contributed by atoms with E-state index in [2.05, 4.69) is 0 Å². The van der Waals surface area contributed by atoms with E-state index >= 15 is 0 Å². The number of rotatable bonds is 4. The summed E-state index contributed by atoms with van der Waals surface area (Å²) in [5.41, 5.74) is 13.9. The molecular weight excluding hydrogens is 240 g/mol. The van der Waals surface area contributed by atoms with Crippen molar-refractivity contribution in [3.63, 3.8) is 0 Å². The Balaban J connectivity index is 2.22. The SMILES string of the molecule is Cc1cccc(N)c1OCc1ccccc1C(N)=O. The third-order valence-electron chi connectivity index (χ3n) is 2.90. The van der Waals surface area contributed by atoms with E-state index in [4.69, 9.17) is 16.2 Å². The van der Waals surface area contributed by atoms with Crippen molar-refractivity contribution >= 4 is 11.6 Å². The van der Waals surface area contributed by atoms with Gasteiger partial charge in [0.2, 0.25) is 5.91 Å². The second kappa shape index (κ2) is 5.44. The fraction of sp³-hybridized carbons (Fsp3) is 0.133. The van der Waals surface area contributed by atoms with Gasteiger partial charge < -0.3 is 16.2 Å². The number of carbonyl (C=O) groups excluding carboxylic acids is 1. The molecule has 0 aliphatic carbocycles. The number of anilines is 1. The van der Waals surface area contributed by atoms with E-state index < -0.39 is 5.91 Å². The number of primary amides is 1. The van der Waals surface area contributed by atoms with Crippen molar-refractivity contribution in [2.24, 2.45) is 5.73 Å². The smallest absolute Gasteiger partial charge is 0.249 e. The molecular formula is C15H16N2O2. The van der Waals surface area contributed by atoms with Crippen molar-refractivity contribution in [2.45, 2.75) is 13.5 Å². The van der Waals surface area contributed by atoms with Crippen molar-refractivity contribution in [2.75, 3.05) is 5.73 Å². The lowest BCUT2D eigenvalue weighted by Gasteiger charge is -2.13. The van der Waals surface area contributed by atoms with Crippen LogP contribution in [0.15, 0.2) is 42.5 Å². The van der Waals surface area contributed by atoms with Crippen LogP contribution in [0.4, 0.5) is 5.69 Å². The minimum absolute atomic E-state index is 0.258. The van der Waals surface area contributed by atoms with E-state index in [0.29, 0.717) is 17.0 Å². The summed E-state index contributed by atoms with van der Waals surface area (Å²) in [5.74, 6) is 0.179. The van der Waals surface area contributed by atoms with Crippen LogP contribution in [0.5, 0.6) is 5.75 Å². The maximum absolute atomic E-state index is 11.3. The van der Waals surface area contributed by atoms with Crippen LogP contribution in [0.1, 0.15) is 21.5 Å². The molecule has 98 valence electrons. The maximum Gasteiger partial charge on any atom is 0.249 e. The van der Waals surface area contributed by atoms with Gasteiger partial charge in [0.1, 0.15) is 12.4 Å². The van der Waals surface area contributed by atoms with Gasteiger partial charge in [0.05, 0.1) is 5.69 Å². The quantitative estimate of drug-likeness (QED) is 0.823. The average molecular weight is 256 g/mol. The largest absolute Gasteiger partial charge is 0.486 e. The van der Waals surface area contributed by atoms with E-state index in [1.54, 1.807) is 18.2 Å². The van der Waals surface area contributed by atoms with Gasteiger partial charge in [-0.25, -0.2) is 0 Å². The lowest BCUT2D eigenvalue weighted by atomic mass is 10.1. The number of ether oxygens (including phenoxy) is 1. The number of hydrogen-bond acceptors (Lipinski definition) is 3. The van der Waals surface area contributed by atoms with Gasteiger partial charge in [-0.15, -0.1) is 0 Å². The highest BCUT2D eigenvalue weighted by Gasteiger charge is 2.09. The molecule has 19 heavy (non-hydrogen) atoms. The molecule has 0 saturated carbocycles. The zero-order valence-electron chi connectivity index (χ0n) is 10.7. The Labute approximate surface area is 112 Å². The first-order valence-electron chi connectivity index (χ1n) is 5.95. The van der Waals surface area contributed by atoms with Gasteiger partial charge in [0.15, 0.2) is 0 Å². The van der Waals surface area contributed by atoms with E-state index in [-0.39, 0.29) is 6.61 Å². The van der Waals surface area contributed by atoms with Crippen molar-refractivity contribution in [3.05, 3.63) is 59.2 Å². The van der Waals surface area contributed by atoms with Crippen molar-refractivity contribution in [3.8, 4) is 5.75 Å². The van der Waals surface area contributed by atoms with Gasteiger partial charge in [0.25, 0.3) is 0 Å². The zero-order chi connectivity index (χ0) is 13.8. The molecule has 4 heteroatoms. The van der Waals surface area contributed by atoms with Crippen LogP contribution in [-0.2, 0) is 6.61 Å². The molecule has 0 saturated heterocycles. The molecule has 1 amide bonds. The molecule has 0 fully saturated rings. The van der Waals surface area contributed by atoms with Gasteiger partial charge in [-0.1, -0.05) is 30.3 Å². The molecule has 0 unspecified atom stereocenters. The number of hydrogen-bond donors (Lipinski definition) is 2. The first-order chi connectivity index (χ1) is 9.09. The summed E-state index contributed by atoms with van der Waals surface area (Å²) < 4.78 is 5.71. The van der Waals surface area contributed by atoms with E-state index in [0.717, 1.165) is 11.1 Å². The van der Waals surface area contributed by atoms with Crippen LogP contribution >= 0.6 is 0 Å². The van der Waals surface area contributed by atoms with Crippen LogP contribution in [0.25, 0.3) is 0 Å². The summed E-state index contributed by atoms with van der Waals surface area (Å²) in [6.45, 7) is 2.18. The summed E-state index contributed by atoms with van der Waals surface area (Å²) in [6.07, 6.45) is 0. The molecule has 0 aromatic heterocycles. The van der Waals surface area contributed by atoms with Crippen LogP contribution in [0, 0.1) is 6.92 Å². The highest BCUT2D eigenvalue weighted by molar-refractivity contribution is 5.94. The predicted octanol–water partition coefficient (Wildman–Crippen LogP) is 2.26. The number of benzene rings is 2. The topological polar surface area (TPSA) is 78.3 Å². The molecule has 4 nitrogen and oxygen atoms in total. The molecule has 0 spiro atoms. The maximum atomic E-state index is 11.3.